The number of benzene rings is 1. The quantitative estimate of drug-likeness (QED) is 0.877. The molecular formula is C15H21N3. The Morgan fingerprint density at radius 3 is 2.39 bits per heavy atom. The summed E-state index contributed by atoms with van der Waals surface area (Å²) in [6.45, 7) is 5.68. The molecule has 0 aliphatic rings. The van der Waals surface area contributed by atoms with E-state index in [4.69, 9.17) is 5.73 Å². The second-order valence-corrected chi connectivity index (χ2v) is 4.49. The number of aromatic nitrogens is 2. The van der Waals surface area contributed by atoms with Crippen molar-refractivity contribution >= 4 is 0 Å². The Kier molecular flexibility index (Phi) is 4.15. The molecular weight excluding hydrogens is 222 g/mol. The fourth-order valence-corrected chi connectivity index (χ4v) is 2.17. The first-order valence-electron chi connectivity index (χ1n) is 6.64. The lowest BCUT2D eigenvalue weighted by atomic mass is 10.1. The first-order chi connectivity index (χ1) is 8.78. The molecule has 0 unspecified atom stereocenters. The lowest BCUT2D eigenvalue weighted by molar-refractivity contribution is 0.624. The third-order valence-corrected chi connectivity index (χ3v) is 3.16. The SMILES string of the molecule is CCCc1ccc(-c2cc(CN)n(CC)n2)cc1. The van der Waals surface area contributed by atoms with Crippen LogP contribution in [0.2, 0.25) is 0 Å². The maximum Gasteiger partial charge on any atom is 0.0926 e. The Labute approximate surface area is 109 Å². The van der Waals surface area contributed by atoms with E-state index in [1.54, 1.807) is 0 Å². The summed E-state index contributed by atoms with van der Waals surface area (Å²) in [5.74, 6) is 0. The molecule has 0 radical (unpaired) electrons. The van der Waals surface area contributed by atoms with Crippen LogP contribution in [-0.2, 0) is 19.5 Å². The number of aryl methyl sites for hydroxylation is 2. The van der Waals surface area contributed by atoms with Crippen LogP contribution in [0.1, 0.15) is 31.5 Å². The molecule has 0 saturated heterocycles. The molecule has 0 aliphatic heterocycles. The van der Waals surface area contributed by atoms with Gasteiger partial charge in [-0.05, 0) is 25.0 Å². The lowest BCUT2D eigenvalue weighted by Gasteiger charge is -2.01. The smallest absolute Gasteiger partial charge is 0.0926 e. The van der Waals surface area contributed by atoms with Gasteiger partial charge in [0.05, 0.1) is 11.4 Å². The van der Waals surface area contributed by atoms with Crippen molar-refractivity contribution in [2.24, 2.45) is 5.73 Å². The summed E-state index contributed by atoms with van der Waals surface area (Å²) in [4.78, 5) is 0. The highest BCUT2D eigenvalue weighted by Gasteiger charge is 2.07. The van der Waals surface area contributed by atoms with E-state index in [1.807, 2.05) is 4.68 Å². The molecule has 1 aromatic heterocycles. The molecule has 0 fully saturated rings. The molecule has 0 amide bonds. The topological polar surface area (TPSA) is 43.8 Å². The number of rotatable bonds is 5. The van der Waals surface area contributed by atoms with Crippen molar-refractivity contribution in [1.82, 2.24) is 9.78 Å². The van der Waals surface area contributed by atoms with E-state index in [0.29, 0.717) is 6.54 Å². The van der Waals surface area contributed by atoms with Gasteiger partial charge in [0.1, 0.15) is 0 Å². The molecule has 0 bridgehead atoms. The van der Waals surface area contributed by atoms with Gasteiger partial charge in [-0.1, -0.05) is 37.6 Å². The summed E-state index contributed by atoms with van der Waals surface area (Å²) in [5.41, 5.74) is 10.4. The zero-order chi connectivity index (χ0) is 13.0. The minimum absolute atomic E-state index is 0.536. The largest absolute Gasteiger partial charge is 0.325 e. The number of hydrogen-bond donors (Lipinski definition) is 1. The minimum atomic E-state index is 0.536. The summed E-state index contributed by atoms with van der Waals surface area (Å²) in [7, 11) is 0. The normalized spacial score (nSPS) is 10.8. The van der Waals surface area contributed by atoms with Crippen LogP contribution < -0.4 is 5.73 Å². The van der Waals surface area contributed by atoms with Crippen molar-refractivity contribution < 1.29 is 0 Å². The molecule has 3 heteroatoms. The second kappa shape index (κ2) is 5.83. The van der Waals surface area contributed by atoms with Crippen LogP contribution >= 0.6 is 0 Å². The third-order valence-electron chi connectivity index (χ3n) is 3.16. The Morgan fingerprint density at radius 2 is 1.89 bits per heavy atom. The Balaban J connectivity index is 2.27. The van der Waals surface area contributed by atoms with Crippen LogP contribution in [-0.4, -0.2) is 9.78 Å². The molecule has 96 valence electrons. The second-order valence-electron chi connectivity index (χ2n) is 4.49. The maximum absolute atomic E-state index is 5.72. The maximum atomic E-state index is 5.72. The number of hydrogen-bond acceptors (Lipinski definition) is 2. The van der Waals surface area contributed by atoms with Gasteiger partial charge in [-0.25, -0.2) is 0 Å². The lowest BCUT2D eigenvalue weighted by Crippen LogP contribution is -2.06. The van der Waals surface area contributed by atoms with Crippen LogP contribution in [0.25, 0.3) is 11.3 Å². The average Bonchev–Trinajstić information content (AvgIpc) is 2.83. The molecule has 3 nitrogen and oxygen atoms in total. The summed E-state index contributed by atoms with van der Waals surface area (Å²) in [5, 5.41) is 4.58. The molecule has 2 N–H and O–H groups in total. The molecule has 2 aromatic rings. The molecule has 0 saturated carbocycles. The van der Waals surface area contributed by atoms with Crippen LogP contribution in [0.5, 0.6) is 0 Å². The van der Waals surface area contributed by atoms with Crippen molar-refractivity contribution in [3.8, 4) is 11.3 Å². The van der Waals surface area contributed by atoms with Crippen molar-refractivity contribution in [2.45, 2.75) is 39.8 Å². The van der Waals surface area contributed by atoms with E-state index in [1.165, 1.54) is 12.0 Å². The van der Waals surface area contributed by atoms with Gasteiger partial charge in [-0.3, -0.25) is 4.68 Å². The summed E-state index contributed by atoms with van der Waals surface area (Å²) >= 11 is 0. The first kappa shape index (κ1) is 12.8. The van der Waals surface area contributed by atoms with Crippen LogP contribution in [0.3, 0.4) is 0 Å². The molecule has 1 heterocycles. The summed E-state index contributed by atoms with van der Waals surface area (Å²) in [6, 6.07) is 10.7. The monoisotopic (exact) mass is 243 g/mol. The van der Waals surface area contributed by atoms with E-state index < -0.39 is 0 Å². The van der Waals surface area contributed by atoms with Crippen molar-refractivity contribution in [1.29, 1.82) is 0 Å². The first-order valence-corrected chi connectivity index (χ1v) is 6.64. The Hall–Kier alpha value is -1.61. The van der Waals surface area contributed by atoms with Gasteiger partial charge in [0.2, 0.25) is 0 Å². The Bertz CT molecular complexity index is 475. The van der Waals surface area contributed by atoms with Gasteiger partial charge in [-0.15, -0.1) is 0 Å². The van der Waals surface area contributed by atoms with E-state index in [2.05, 4.69) is 49.3 Å². The highest BCUT2D eigenvalue weighted by atomic mass is 15.3. The molecule has 0 aliphatic carbocycles. The van der Waals surface area contributed by atoms with Gasteiger partial charge >= 0.3 is 0 Å². The molecule has 2 rings (SSSR count). The van der Waals surface area contributed by atoms with Crippen molar-refractivity contribution in [2.75, 3.05) is 0 Å². The van der Waals surface area contributed by atoms with Gasteiger partial charge in [0.25, 0.3) is 0 Å². The van der Waals surface area contributed by atoms with Crippen molar-refractivity contribution in [3.63, 3.8) is 0 Å². The van der Waals surface area contributed by atoms with E-state index in [-0.39, 0.29) is 0 Å². The fourth-order valence-electron chi connectivity index (χ4n) is 2.17. The van der Waals surface area contributed by atoms with Crippen LogP contribution in [0, 0.1) is 0 Å². The van der Waals surface area contributed by atoms with Crippen molar-refractivity contribution in [3.05, 3.63) is 41.6 Å². The molecule has 0 atom stereocenters. The van der Waals surface area contributed by atoms with E-state index >= 15 is 0 Å². The third kappa shape index (κ3) is 2.62. The average molecular weight is 243 g/mol. The van der Waals surface area contributed by atoms with E-state index in [0.717, 1.165) is 29.9 Å². The predicted molar refractivity (Wildman–Crippen MR) is 75.2 cm³/mol. The molecule has 0 spiro atoms. The number of nitrogens with two attached hydrogens (primary N) is 1. The standard InChI is InChI=1S/C15H21N3/c1-3-5-12-6-8-13(9-7-12)15-10-14(11-16)18(4-2)17-15/h6-10H,3-5,11,16H2,1-2H3. The van der Waals surface area contributed by atoms with Gasteiger partial charge in [-0.2, -0.15) is 5.10 Å². The zero-order valence-corrected chi connectivity index (χ0v) is 11.2. The Morgan fingerprint density at radius 1 is 1.17 bits per heavy atom. The highest BCUT2D eigenvalue weighted by Crippen LogP contribution is 2.20. The number of nitrogens with zero attached hydrogens (tertiary/aromatic N) is 2. The predicted octanol–water partition coefficient (Wildman–Crippen LogP) is 2.98. The fraction of sp³-hybridized carbons (Fsp3) is 0.400. The highest BCUT2D eigenvalue weighted by molar-refractivity contribution is 5.59. The van der Waals surface area contributed by atoms with E-state index in [9.17, 15) is 0 Å². The van der Waals surface area contributed by atoms with Crippen LogP contribution in [0.15, 0.2) is 30.3 Å². The molecule has 18 heavy (non-hydrogen) atoms. The minimum Gasteiger partial charge on any atom is -0.325 e. The van der Waals surface area contributed by atoms with Crippen LogP contribution in [0.4, 0.5) is 0 Å². The molecule has 1 aromatic carbocycles. The zero-order valence-electron chi connectivity index (χ0n) is 11.2. The van der Waals surface area contributed by atoms with Gasteiger partial charge in [0, 0.05) is 18.7 Å². The van der Waals surface area contributed by atoms with Gasteiger partial charge in [0.15, 0.2) is 0 Å². The van der Waals surface area contributed by atoms with Gasteiger partial charge < -0.3 is 5.73 Å². The summed E-state index contributed by atoms with van der Waals surface area (Å²) in [6.07, 6.45) is 2.32. The summed E-state index contributed by atoms with van der Waals surface area (Å²) < 4.78 is 1.97.